The van der Waals surface area contributed by atoms with Crippen LogP contribution in [0.15, 0.2) is 77.7 Å². The summed E-state index contributed by atoms with van der Waals surface area (Å²) in [4.78, 5) is 14.5. The second-order valence-electron chi connectivity index (χ2n) is 7.41. The first-order valence-electron chi connectivity index (χ1n) is 10.5. The van der Waals surface area contributed by atoms with Crippen molar-refractivity contribution in [3.8, 4) is 11.5 Å². The highest BCUT2D eigenvalue weighted by Crippen LogP contribution is 2.31. The van der Waals surface area contributed by atoms with Gasteiger partial charge in [0.1, 0.15) is 11.5 Å². The van der Waals surface area contributed by atoms with Crippen LogP contribution in [0.1, 0.15) is 22.8 Å². The number of carbonyl (C=O) groups is 1. The predicted molar refractivity (Wildman–Crippen MR) is 128 cm³/mol. The van der Waals surface area contributed by atoms with Gasteiger partial charge < -0.3 is 14.4 Å². The first kappa shape index (κ1) is 24.1. The van der Waals surface area contributed by atoms with Gasteiger partial charge in [-0.25, -0.2) is 8.42 Å². The minimum atomic E-state index is -3.83. The lowest BCUT2D eigenvalue weighted by atomic mass is 10.1. The SMILES string of the molecule is CCOc1ccc(CN(C)C(=O)c2ccc(S(=O)(=O)N(C)c3ccccc3OC)cc2)cc1. The van der Waals surface area contributed by atoms with Crippen LogP contribution in [0.25, 0.3) is 0 Å². The summed E-state index contributed by atoms with van der Waals surface area (Å²) in [6, 6.07) is 20.4. The summed E-state index contributed by atoms with van der Waals surface area (Å²) in [5.74, 6) is 1.03. The molecule has 0 aliphatic heterocycles. The van der Waals surface area contributed by atoms with Gasteiger partial charge in [-0.05, 0) is 61.0 Å². The Hall–Kier alpha value is -3.52. The number of para-hydroxylation sites is 2. The molecule has 0 N–H and O–H groups in total. The molecule has 0 aliphatic rings. The number of anilines is 1. The van der Waals surface area contributed by atoms with Gasteiger partial charge in [-0.1, -0.05) is 24.3 Å². The fourth-order valence-corrected chi connectivity index (χ4v) is 4.58. The summed E-state index contributed by atoms with van der Waals surface area (Å²) in [7, 11) is 0.838. The Morgan fingerprint density at radius 3 is 2.15 bits per heavy atom. The number of methoxy groups -OCH3 is 1. The Labute approximate surface area is 195 Å². The molecule has 0 heterocycles. The van der Waals surface area contributed by atoms with Gasteiger partial charge >= 0.3 is 0 Å². The van der Waals surface area contributed by atoms with Gasteiger partial charge in [0.15, 0.2) is 0 Å². The van der Waals surface area contributed by atoms with Crippen molar-refractivity contribution in [2.45, 2.75) is 18.4 Å². The van der Waals surface area contributed by atoms with Crippen molar-refractivity contribution in [3.63, 3.8) is 0 Å². The van der Waals surface area contributed by atoms with E-state index in [0.29, 0.717) is 30.2 Å². The van der Waals surface area contributed by atoms with E-state index in [2.05, 4.69) is 0 Å². The van der Waals surface area contributed by atoms with Gasteiger partial charge in [-0.2, -0.15) is 0 Å². The normalized spacial score (nSPS) is 11.0. The van der Waals surface area contributed by atoms with Crippen molar-refractivity contribution in [1.29, 1.82) is 0 Å². The van der Waals surface area contributed by atoms with Gasteiger partial charge in [0, 0.05) is 26.2 Å². The molecule has 1 amide bonds. The van der Waals surface area contributed by atoms with E-state index < -0.39 is 10.0 Å². The van der Waals surface area contributed by atoms with Crippen LogP contribution in [-0.2, 0) is 16.6 Å². The maximum absolute atomic E-state index is 13.1. The van der Waals surface area contributed by atoms with E-state index in [1.165, 1.54) is 42.7 Å². The molecular formula is C25H28N2O5S. The van der Waals surface area contributed by atoms with E-state index in [-0.39, 0.29) is 10.8 Å². The molecule has 0 saturated carbocycles. The van der Waals surface area contributed by atoms with Gasteiger partial charge in [-0.3, -0.25) is 9.10 Å². The lowest BCUT2D eigenvalue weighted by molar-refractivity contribution is 0.0785. The lowest BCUT2D eigenvalue weighted by Gasteiger charge is -2.22. The second-order valence-corrected chi connectivity index (χ2v) is 9.38. The van der Waals surface area contributed by atoms with E-state index in [9.17, 15) is 13.2 Å². The maximum Gasteiger partial charge on any atom is 0.264 e. The van der Waals surface area contributed by atoms with Crippen LogP contribution < -0.4 is 13.8 Å². The number of hydrogen-bond donors (Lipinski definition) is 0. The minimum absolute atomic E-state index is 0.0848. The number of amides is 1. The lowest BCUT2D eigenvalue weighted by Crippen LogP contribution is -2.28. The van der Waals surface area contributed by atoms with Crippen molar-refractivity contribution in [3.05, 3.63) is 83.9 Å². The van der Waals surface area contributed by atoms with Crippen molar-refractivity contribution in [2.75, 3.05) is 32.1 Å². The zero-order valence-electron chi connectivity index (χ0n) is 19.2. The third-order valence-electron chi connectivity index (χ3n) is 5.18. The summed E-state index contributed by atoms with van der Waals surface area (Å²) in [6.07, 6.45) is 0. The zero-order chi connectivity index (χ0) is 24.0. The summed E-state index contributed by atoms with van der Waals surface area (Å²) in [5, 5.41) is 0. The average molecular weight is 469 g/mol. The van der Waals surface area contributed by atoms with Crippen LogP contribution >= 0.6 is 0 Å². The molecule has 0 bridgehead atoms. The van der Waals surface area contributed by atoms with Gasteiger partial charge in [-0.15, -0.1) is 0 Å². The minimum Gasteiger partial charge on any atom is -0.495 e. The number of carbonyl (C=O) groups excluding carboxylic acids is 1. The van der Waals surface area contributed by atoms with E-state index >= 15 is 0 Å². The molecule has 0 aromatic heterocycles. The van der Waals surface area contributed by atoms with Crippen molar-refractivity contribution in [2.24, 2.45) is 0 Å². The number of hydrogen-bond acceptors (Lipinski definition) is 5. The quantitative estimate of drug-likeness (QED) is 0.471. The van der Waals surface area contributed by atoms with Crippen LogP contribution in [-0.4, -0.2) is 47.0 Å². The molecule has 0 fully saturated rings. The molecule has 0 atom stereocenters. The smallest absolute Gasteiger partial charge is 0.264 e. The predicted octanol–water partition coefficient (Wildman–Crippen LogP) is 4.19. The number of rotatable bonds is 9. The Bertz CT molecular complexity index is 1190. The first-order chi connectivity index (χ1) is 15.8. The fraction of sp³-hybridized carbons (Fsp3) is 0.240. The molecule has 174 valence electrons. The van der Waals surface area contributed by atoms with Crippen molar-refractivity contribution < 1.29 is 22.7 Å². The Kier molecular flexibility index (Phi) is 7.60. The molecule has 33 heavy (non-hydrogen) atoms. The fourth-order valence-electron chi connectivity index (χ4n) is 3.37. The van der Waals surface area contributed by atoms with E-state index in [4.69, 9.17) is 9.47 Å². The second kappa shape index (κ2) is 10.4. The van der Waals surface area contributed by atoms with E-state index in [0.717, 1.165) is 11.3 Å². The molecule has 0 radical (unpaired) electrons. The molecule has 3 aromatic rings. The van der Waals surface area contributed by atoms with Gasteiger partial charge in [0.25, 0.3) is 15.9 Å². The zero-order valence-corrected chi connectivity index (χ0v) is 20.0. The van der Waals surface area contributed by atoms with Crippen LogP contribution in [0.5, 0.6) is 11.5 Å². The molecule has 0 aliphatic carbocycles. The summed E-state index contributed by atoms with van der Waals surface area (Å²) >= 11 is 0. The third-order valence-corrected chi connectivity index (χ3v) is 6.97. The average Bonchev–Trinajstić information content (AvgIpc) is 2.84. The third kappa shape index (κ3) is 5.46. The highest BCUT2D eigenvalue weighted by Gasteiger charge is 2.24. The number of sulfonamides is 1. The van der Waals surface area contributed by atoms with Crippen LogP contribution in [0, 0.1) is 0 Å². The van der Waals surface area contributed by atoms with Gasteiger partial charge in [0.2, 0.25) is 0 Å². The van der Waals surface area contributed by atoms with Crippen LogP contribution in [0.4, 0.5) is 5.69 Å². The molecule has 3 rings (SSSR count). The largest absolute Gasteiger partial charge is 0.495 e. The number of ether oxygens (including phenoxy) is 2. The maximum atomic E-state index is 13.1. The molecule has 8 heteroatoms. The van der Waals surface area contributed by atoms with E-state index in [1.807, 2.05) is 31.2 Å². The Balaban J connectivity index is 1.73. The summed E-state index contributed by atoms with van der Waals surface area (Å²) in [5.41, 5.74) is 1.80. The summed E-state index contributed by atoms with van der Waals surface area (Å²) < 4.78 is 38.1. The Morgan fingerprint density at radius 1 is 0.909 bits per heavy atom. The summed E-state index contributed by atoms with van der Waals surface area (Å²) in [6.45, 7) is 2.94. The first-order valence-corrected chi connectivity index (χ1v) is 11.9. The molecule has 3 aromatic carbocycles. The van der Waals surface area contributed by atoms with E-state index in [1.54, 1.807) is 36.2 Å². The van der Waals surface area contributed by atoms with Crippen molar-refractivity contribution >= 4 is 21.6 Å². The molecular weight excluding hydrogens is 440 g/mol. The van der Waals surface area contributed by atoms with Gasteiger partial charge in [0.05, 0.1) is 24.3 Å². The Morgan fingerprint density at radius 2 is 1.55 bits per heavy atom. The highest BCUT2D eigenvalue weighted by molar-refractivity contribution is 7.92. The highest BCUT2D eigenvalue weighted by atomic mass is 32.2. The van der Waals surface area contributed by atoms with Crippen LogP contribution in [0.3, 0.4) is 0 Å². The monoisotopic (exact) mass is 468 g/mol. The number of nitrogens with zero attached hydrogens (tertiary/aromatic N) is 2. The molecule has 0 saturated heterocycles. The van der Waals surface area contributed by atoms with Crippen LogP contribution in [0.2, 0.25) is 0 Å². The molecule has 7 nitrogen and oxygen atoms in total. The standard InChI is InChI=1S/C25H28N2O5S/c1-5-32-21-14-10-19(11-15-21)18-26(2)25(28)20-12-16-22(17-13-20)33(29,30)27(3)23-8-6-7-9-24(23)31-4/h6-17H,5,18H2,1-4H3. The molecule has 0 unspecified atom stereocenters. The molecule has 0 spiro atoms. The number of benzene rings is 3. The van der Waals surface area contributed by atoms with Crippen molar-refractivity contribution in [1.82, 2.24) is 4.90 Å². The topological polar surface area (TPSA) is 76.2 Å².